The number of likely N-dealkylation sites (N-methyl/N-ethyl adjacent to an activating group) is 1. The summed E-state index contributed by atoms with van der Waals surface area (Å²) >= 11 is 0. The second-order valence-electron chi connectivity index (χ2n) is 2.99. The Morgan fingerprint density at radius 1 is 1.29 bits per heavy atom. The molecule has 2 unspecified atom stereocenters. The standard InChI is InChI=1S/C5H15NO6P2/c1-6(2)4-5-11-14(9,10)12-13(3,7)8/h4-5H2,1-3H3,(H,7,8)(H,9,10). The molecular formula is C5H15NO6P2. The lowest BCUT2D eigenvalue weighted by Crippen LogP contribution is -2.17. The SMILES string of the molecule is CN(C)CCOP(=O)(O)OP(C)(=O)O. The van der Waals surface area contributed by atoms with Gasteiger partial charge in [-0.05, 0) is 14.1 Å². The number of phosphoric ester groups is 1. The Labute approximate surface area is 82.8 Å². The van der Waals surface area contributed by atoms with Crippen LogP contribution in [-0.4, -0.2) is 48.6 Å². The van der Waals surface area contributed by atoms with Gasteiger partial charge in [0.25, 0.3) is 0 Å². The van der Waals surface area contributed by atoms with E-state index in [1.807, 2.05) is 0 Å². The summed E-state index contributed by atoms with van der Waals surface area (Å²) in [6.07, 6.45) is 0. The Balaban J connectivity index is 3.97. The second-order valence-corrected chi connectivity index (χ2v) is 6.44. The predicted octanol–water partition coefficient (Wildman–Crippen LogP) is 0.497. The van der Waals surface area contributed by atoms with Crippen molar-refractivity contribution >= 4 is 15.4 Å². The van der Waals surface area contributed by atoms with Crippen LogP contribution in [0.4, 0.5) is 0 Å². The van der Waals surface area contributed by atoms with Crippen LogP contribution in [0, 0.1) is 0 Å². The van der Waals surface area contributed by atoms with Gasteiger partial charge in [0, 0.05) is 13.2 Å². The van der Waals surface area contributed by atoms with Crippen LogP contribution in [0.5, 0.6) is 0 Å². The molecular weight excluding hydrogens is 232 g/mol. The summed E-state index contributed by atoms with van der Waals surface area (Å²) in [6, 6.07) is 0. The van der Waals surface area contributed by atoms with Crippen molar-refractivity contribution < 1.29 is 27.8 Å². The Morgan fingerprint density at radius 2 is 1.79 bits per heavy atom. The minimum atomic E-state index is -4.41. The van der Waals surface area contributed by atoms with Crippen molar-refractivity contribution in [2.45, 2.75) is 0 Å². The largest absolute Gasteiger partial charge is 0.479 e. The molecule has 2 N–H and O–H groups in total. The zero-order valence-electron chi connectivity index (χ0n) is 8.28. The van der Waals surface area contributed by atoms with Crippen molar-refractivity contribution in [1.82, 2.24) is 4.90 Å². The van der Waals surface area contributed by atoms with E-state index in [9.17, 15) is 9.13 Å². The minimum absolute atomic E-state index is 0.0548. The lowest BCUT2D eigenvalue weighted by Gasteiger charge is -2.15. The van der Waals surface area contributed by atoms with Gasteiger partial charge in [-0.15, -0.1) is 0 Å². The molecule has 0 fully saturated rings. The van der Waals surface area contributed by atoms with E-state index < -0.39 is 15.4 Å². The number of phosphoric acid groups is 1. The number of hydrogen-bond acceptors (Lipinski definition) is 5. The summed E-state index contributed by atoms with van der Waals surface area (Å²) in [5.41, 5.74) is 0. The average Bonchev–Trinajstić information content (AvgIpc) is 1.78. The topological polar surface area (TPSA) is 96.3 Å². The van der Waals surface area contributed by atoms with Gasteiger partial charge in [-0.2, -0.15) is 0 Å². The molecule has 14 heavy (non-hydrogen) atoms. The van der Waals surface area contributed by atoms with Crippen LogP contribution in [0.2, 0.25) is 0 Å². The maximum Gasteiger partial charge on any atom is 0.479 e. The molecule has 0 saturated heterocycles. The van der Waals surface area contributed by atoms with E-state index in [0.717, 1.165) is 6.66 Å². The van der Waals surface area contributed by atoms with E-state index in [4.69, 9.17) is 9.79 Å². The molecule has 0 heterocycles. The Hall–Kier alpha value is 0.260. The smallest absolute Gasteiger partial charge is 0.324 e. The number of hydrogen-bond donors (Lipinski definition) is 2. The summed E-state index contributed by atoms with van der Waals surface area (Å²) in [6.45, 7) is 1.17. The summed E-state index contributed by atoms with van der Waals surface area (Å²) in [4.78, 5) is 19.3. The average molecular weight is 247 g/mol. The Morgan fingerprint density at radius 3 is 2.14 bits per heavy atom. The molecule has 2 atom stereocenters. The van der Waals surface area contributed by atoms with Crippen LogP contribution < -0.4 is 0 Å². The highest BCUT2D eigenvalue weighted by Gasteiger charge is 2.29. The summed E-state index contributed by atoms with van der Waals surface area (Å²) in [5.74, 6) is 0. The molecule has 0 aromatic heterocycles. The van der Waals surface area contributed by atoms with Crippen molar-refractivity contribution in [3.05, 3.63) is 0 Å². The highest BCUT2D eigenvalue weighted by molar-refractivity contribution is 7.63. The van der Waals surface area contributed by atoms with Crippen molar-refractivity contribution in [3.8, 4) is 0 Å². The summed E-state index contributed by atoms with van der Waals surface area (Å²) in [5, 5.41) is 0. The van der Waals surface area contributed by atoms with E-state index in [1.165, 1.54) is 0 Å². The fourth-order valence-corrected chi connectivity index (χ4v) is 2.59. The van der Waals surface area contributed by atoms with Crippen molar-refractivity contribution in [1.29, 1.82) is 0 Å². The molecule has 0 bridgehead atoms. The summed E-state index contributed by atoms with van der Waals surface area (Å²) < 4.78 is 30.0. The van der Waals surface area contributed by atoms with Crippen LogP contribution in [0.15, 0.2) is 0 Å². The van der Waals surface area contributed by atoms with Gasteiger partial charge in [-0.1, -0.05) is 0 Å². The van der Waals surface area contributed by atoms with Gasteiger partial charge in [0.1, 0.15) is 0 Å². The first kappa shape index (κ1) is 14.3. The van der Waals surface area contributed by atoms with Crippen LogP contribution in [0.3, 0.4) is 0 Å². The van der Waals surface area contributed by atoms with E-state index in [-0.39, 0.29) is 6.61 Å². The highest BCUT2D eigenvalue weighted by Crippen LogP contribution is 2.57. The second kappa shape index (κ2) is 5.37. The molecule has 86 valence electrons. The zero-order chi connectivity index (χ0) is 11.4. The van der Waals surface area contributed by atoms with Gasteiger partial charge in [-0.25, -0.2) is 8.88 Å². The normalized spacial score (nSPS) is 20.4. The first-order valence-electron chi connectivity index (χ1n) is 3.76. The van der Waals surface area contributed by atoms with Gasteiger partial charge in [0.15, 0.2) is 0 Å². The highest BCUT2D eigenvalue weighted by atomic mass is 31.3. The lowest BCUT2D eigenvalue weighted by molar-refractivity contribution is 0.181. The number of nitrogens with zero attached hydrogens (tertiary/aromatic N) is 1. The van der Waals surface area contributed by atoms with Crippen LogP contribution in [0.1, 0.15) is 0 Å². The third-order valence-corrected chi connectivity index (χ3v) is 3.59. The predicted molar refractivity (Wildman–Crippen MR) is 51.2 cm³/mol. The maximum absolute atomic E-state index is 11.0. The van der Waals surface area contributed by atoms with Gasteiger partial charge < -0.3 is 14.7 Å². The van der Waals surface area contributed by atoms with Gasteiger partial charge in [0.05, 0.1) is 6.61 Å². The molecule has 0 aliphatic heterocycles. The van der Waals surface area contributed by atoms with Gasteiger partial charge in [0.2, 0.25) is 0 Å². The van der Waals surface area contributed by atoms with E-state index in [0.29, 0.717) is 6.54 Å². The van der Waals surface area contributed by atoms with Crippen molar-refractivity contribution in [2.24, 2.45) is 0 Å². The number of rotatable bonds is 6. The monoisotopic (exact) mass is 247 g/mol. The first-order valence-corrected chi connectivity index (χ1v) is 7.28. The Kier molecular flexibility index (Phi) is 5.47. The molecule has 0 radical (unpaired) electrons. The quantitative estimate of drug-likeness (QED) is 0.659. The van der Waals surface area contributed by atoms with Gasteiger partial charge in [-0.3, -0.25) is 9.09 Å². The third-order valence-electron chi connectivity index (χ3n) is 1.05. The lowest BCUT2D eigenvalue weighted by atomic mass is 10.6. The molecule has 0 aromatic rings. The van der Waals surface area contributed by atoms with Crippen LogP contribution in [0.25, 0.3) is 0 Å². The fraction of sp³-hybridized carbons (Fsp3) is 1.00. The molecule has 9 heteroatoms. The van der Waals surface area contributed by atoms with Gasteiger partial charge >= 0.3 is 15.4 Å². The molecule has 0 rings (SSSR count). The summed E-state index contributed by atoms with van der Waals surface area (Å²) in [7, 11) is -4.91. The molecule has 0 aliphatic carbocycles. The third kappa shape index (κ3) is 8.84. The molecule has 0 spiro atoms. The van der Waals surface area contributed by atoms with Crippen LogP contribution in [-0.2, 0) is 18.0 Å². The molecule has 0 saturated carbocycles. The van der Waals surface area contributed by atoms with Crippen molar-refractivity contribution in [2.75, 3.05) is 33.9 Å². The Bertz CT molecular complexity index is 261. The molecule has 0 amide bonds. The molecule has 0 aromatic carbocycles. The van der Waals surface area contributed by atoms with Crippen molar-refractivity contribution in [3.63, 3.8) is 0 Å². The van der Waals surface area contributed by atoms with E-state index in [2.05, 4.69) is 8.83 Å². The van der Waals surface area contributed by atoms with E-state index >= 15 is 0 Å². The molecule has 0 aliphatic rings. The first-order chi connectivity index (χ1) is 6.12. The van der Waals surface area contributed by atoms with Crippen LogP contribution >= 0.6 is 15.4 Å². The van der Waals surface area contributed by atoms with E-state index in [1.54, 1.807) is 19.0 Å². The minimum Gasteiger partial charge on any atom is -0.324 e. The zero-order valence-corrected chi connectivity index (χ0v) is 10.1. The molecule has 7 nitrogen and oxygen atoms in total. The maximum atomic E-state index is 11.0. The fourth-order valence-electron chi connectivity index (χ4n) is 0.554.